The minimum atomic E-state index is -0.586. The number of nitrogens with zero attached hydrogens (tertiary/aromatic N) is 2. The number of nitrogens with one attached hydrogen (secondary N) is 2. The third-order valence-electron chi connectivity index (χ3n) is 6.89. The van der Waals surface area contributed by atoms with Gasteiger partial charge in [0.25, 0.3) is 5.91 Å². The Balaban J connectivity index is 0.000000247. The summed E-state index contributed by atoms with van der Waals surface area (Å²) in [5.41, 5.74) is 5.57. The van der Waals surface area contributed by atoms with E-state index < -0.39 is 6.10 Å². The van der Waals surface area contributed by atoms with Crippen LogP contribution < -0.4 is 16.2 Å². The highest BCUT2D eigenvalue weighted by atomic mass is 35.5. The van der Waals surface area contributed by atoms with Crippen molar-refractivity contribution in [1.29, 1.82) is 0 Å². The molecular formula is C38H40Cl2N4O5. The first-order valence-electron chi connectivity index (χ1n) is 15.5. The number of fused-ring (bicyclic) bond motifs is 1. The van der Waals surface area contributed by atoms with E-state index >= 15 is 0 Å². The second-order valence-corrected chi connectivity index (χ2v) is 11.9. The van der Waals surface area contributed by atoms with E-state index in [2.05, 4.69) is 20.6 Å². The van der Waals surface area contributed by atoms with Gasteiger partial charge < -0.3 is 19.8 Å². The maximum Gasteiger partial charge on any atom is 0.303 e. The molecule has 0 aliphatic heterocycles. The second kappa shape index (κ2) is 19.1. The van der Waals surface area contributed by atoms with Crippen molar-refractivity contribution in [2.45, 2.75) is 47.6 Å². The molecule has 5 rings (SSSR count). The van der Waals surface area contributed by atoms with Crippen LogP contribution in [-0.4, -0.2) is 28.1 Å². The summed E-state index contributed by atoms with van der Waals surface area (Å²) in [6.07, 6.45) is -0.586. The molecule has 1 heterocycles. The van der Waals surface area contributed by atoms with Gasteiger partial charge in [0.2, 0.25) is 17.4 Å². The summed E-state index contributed by atoms with van der Waals surface area (Å²) in [4.78, 5) is 44.8. The molecule has 0 unspecified atom stereocenters. The number of halogens is 2. The van der Waals surface area contributed by atoms with Crippen molar-refractivity contribution < 1.29 is 23.5 Å². The largest absolute Gasteiger partial charge is 0.453 e. The van der Waals surface area contributed by atoms with E-state index in [1.54, 1.807) is 13.0 Å². The number of rotatable bonds is 7. The Labute approximate surface area is 296 Å². The van der Waals surface area contributed by atoms with Gasteiger partial charge in [0.05, 0.1) is 33.2 Å². The SMILES string of the molecule is CC(=O)O[C@@H](C)c1nc2cccc(C)c2c(=Nc2ccccc2)o1.Cc1cccc(NC(=O)C(C)C)c1C(=O)Nc1ccccc1.ClCCl. The number of carbonyl (C=O) groups excluding carboxylic acids is 3. The molecule has 9 nitrogen and oxygen atoms in total. The number of ether oxygens (including phenoxy) is 1. The van der Waals surface area contributed by atoms with Crippen molar-refractivity contribution >= 4 is 69.0 Å². The summed E-state index contributed by atoms with van der Waals surface area (Å²) >= 11 is 9.53. The number of aromatic nitrogens is 1. The lowest BCUT2D eigenvalue weighted by Gasteiger charge is -2.15. The molecule has 0 saturated heterocycles. The monoisotopic (exact) mass is 702 g/mol. The molecule has 0 fully saturated rings. The van der Waals surface area contributed by atoms with Crippen LogP contribution in [0.4, 0.5) is 17.1 Å². The summed E-state index contributed by atoms with van der Waals surface area (Å²) < 4.78 is 11.1. The highest BCUT2D eigenvalue weighted by Crippen LogP contribution is 2.23. The van der Waals surface area contributed by atoms with Gasteiger partial charge in [0.1, 0.15) is 0 Å². The van der Waals surface area contributed by atoms with Crippen LogP contribution in [0.1, 0.15) is 61.2 Å². The first kappa shape index (κ1) is 38.5. The standard InChI is InChI=1S/C19H18N2O3.C18H20N2O2.CH2Cl2/c1-12-8-7-11-16-17(12)19(20-15-9-5-4-6-10-15)24-18(21-16)13(2)23-14(3)22;1-12(2)17(21)20-15-11-7-8-13(3)16(15)18(22)19-14-9-5-4-6-10-14;2-1-3/h4-11,13H,1-3H3;4-12H,1-3H3,(H,19,22)(H,20,21);1H2/t13-;;/m0../s1. The zero-order valence-corrected chi connectivity index (χ0v) is 29.8. The number of alkyl halides is 2. The van der Waals surface area contributed by atoms with Crippen LogP contribution in [-0.2, 0) is 14.3 Å². The normalized spacial score (nSPS) is 11.4. The summed E-state index contributed by atoms with van der Waals surface area (Å²) in [6, 6.07) is 30.0. The molecule has 256 valence electrons. The van der Waals surface area contributed by atoms with E-state index in [0.29, 0.717) is 22.7 Å². The van der Waals surface area contributed by atoms with E-state index in [1.165, 1.54) is 6.92 Å². The van der Waals surface area contributed by atoms with Crippen LogP contribution in [0.5, 0.6) is 0 Å². The van der Waals surface area contributed by atoms with Crippen molar-refractivity contribution in [2.75, 3.05) is 16.0 Å². The minimum absolute atomic E-state index is 0.112. The molecule has 5 aromatic rings. The fourth-order valence-corrected chi connectivity index (χ4v) is 4.55. The number of benzene rings is 4. The number of anilines is 2. The fraction of sp³-hybridized carbons (Fsp3) is 0.237. The third-order valence-corrected chi connectivity index (χ3v) is 6.89. The highest BCUT2D eigenvalue weighted by Gasteiger charge is 2.18. The summed E-state index contributed by atoms with van der Waals surface area (Å²) in [7, 11) is 0. The number of aryl methyl sites for hydroxylation is 2. The van der Waals surface area contributed by atoms with Gasteiger partial charge in [-0.3, -0.25) is 14.4 Å². The Morgan fingerprint density at radius 1 is 0.816 bits per heavy atom. The molecule has 0 saturated carbocycles. The Kier molecular flexibility index (Phi) is 15.0. The zero-order chi connectivity index (χ0) is 35.9. The van der Waals surface area contributed by atoms with Crippen LogP contribution in [0.3, 0.4) is 0 Å². The van der Waals surface area contributed by atoms with Gasteiger partial charge in [-0.05, 0) is 68.3 Å². The van der Waals surface area contributed by atoms with E-state index in [-0.39, 0.29) is 29.0 Å². The van der Waals surface area contributed by atoms with Gasteiger partial charge in [0, 0.05) is 18.5 Å². The molecule has 4 aromatic carbocycles. The second-order valence-electron chi connectivity index (χ2n) is 11.1. The van der Waals surface area contributed by atoms with Crippen LogP contribution in [0.2, 0.25) is 0 Å². The highest BCUT2D eigenvalue weighted by molar-refractivity contribution is 6.40. The molecule has 11 heteroatoms. The van der Waals surface area contributed by atoms with E-state index in [0.717, 1.165) is 33.4 Å². The Bertz CT molecular complexity index is 1930. The minimum Gasteiger partial charge on any atom is -0.453 e. The maximum atomic E-state index is 12.5. The maximum absolute atomic E-state index is 12.5. The van der Waals surface area contributed by atoms with Gasteiger partial charge >= 0.3 is 5.97 Å². The lowest BCUT2D eigenvalue weighted by molar-refractivity contribution is -0.147. The average Bonchev–Trinajstić information content (AvgIpc) is 3.06. The number of amides is 2. The van der Waals surface area contributed by atoms with Gasteiger partial charge in [-0.15, -0.1) is 23.2 Å². The van der Waals surface area contributed by atoms with E-state index in [1.807, 2.05) is 119 Å². The summed E-state index contributed by atoms with van der Waals surface area (Å²) in [6.45, 7) is 10.5. The van der Waals surface area contributed by atoms with E-state index in [9.17, 15) is 14.4 Å². The molecule has 2 amide bonds. The predicted octanol–water partition coefficient (Wildman–Crippen LogP) is 9.26. The van der Waals surface area contributed by atoms with Crippen molar-refractivity contribution in [3.05, 3.63) is 125 Å². The van der Waals surface area contributed by atoms with Crippen molar-refractivity contribution in [1.82, 2.24) is 4.98 Å². The molecule has 0 spiro atoms. The van der Waals surface area contributed by atoms with Crippen molar-refractivity contribution in [3.8, 4) is 0 Å². The summed E-state index contributed by atoms with van der Waals surface area (Å²) in [5.74, 6) is -0.559. The lowest BCUT2D eigenvalue weighted by Crippen LogP contribution is -2.22. The zero-order valence-electron chi connectivity index (χ0n) is 28.3. The first-order valence-corrected chi connectivity index (χ1v) is 16.6. The fourth-order valence-electron chi connectivity index (χ4n) is 4.55. The van der Waals surface area contributed by atoms with Crippen molar-refractivity contribution in [3.63, 3.8) is 0 Å². The average molecular weight is 704 g/mol. The topological polar surface area (TPSA) is 123 Å². The molecule has 49 heavy (non-hydrogen) atoms. The molecule has 1 atom stereocenters. The summed E-state index contributed by atoms with van der Waals surface area (Å²) in [5, 5.41) is 6.71. The molecule has 1 aromatic heterocycles. The molecular weight excluding hydrogens is 663 g/mol. The predicted molar refractivity (Wildman–Crippen MR) is 196 cm³/mol. The van der Waals surface area contributed by atoms with Gasteiger partial charge in [-0.25, -0.2) is 9.98 Å². The number of esters is 1. The lowest BCUT2D eigenvalue weighted by atomic mass is 10.0. The smallest absolute Gasteiger partial charge is 0.303 e. The Morgan fingerprint density at radius 3 is 2.02 bits per heavy atom. The molecule has 0 radical (unpaired) electrons. The van der Waals surface area contributed by atoms with Crippen LogP contribution >= 0.6 is 23.2 Å². The van der Waals surface area contributed by atoms with E-state index in [4.69, 9.17) is 32.4 Å². The first-order chi connectivity index (χ1) is 23.4. The molecule has 0 aliphatic rings. The Hall–Kier alpha value is -4.99. The third kappa shape index (κ3) is 11.6. The van der Waals surface area contributed by atoms with Gasteiger partial charge in [-0.2, -0.15) is 0 Å². The Morgan fingerprint density at radius 2 is 1.41 bits per heavy atom. The number of carbonyl (C=O) groups is 3. The quantitative estimate of drug-likeness (QED) is 0.129. The van der Waals surface area contributed by atoms with Crippen LogP contribution in [0.15, 0.2) is 106 Å². The number of hydrogen-bond donors (Lipinski definition) is 2. The molecule has 2 N–H and O–H groups in total. The van der Waals surface area contributed by atoms with Crippen LogP contribution in [0, 0.1) is 19.8 Å². The molecule has 0 aliphatic carbocycles. The number of hydrogen-bond acceptors (Lipinski definition) is 7. The van der Waals surface area contributed by atoms with Gasteiger partial charge in [0.15, 0.2) is 6.10 Å². The van der Waals surface area contributed by atoms with Crippen molar-refractivity contribution in [2.24, 2.45) is 10.9 Å². The van der Waals surface area contributed by atoms with Gasteiger partial charge in [-0.1, -0.05) is 74.5 Å². The van der Waals surface area contributed by atoms with Crippen LogP contribution in [0.25, 0.3) is 10.9 Å². The molecule has 0 bridgehead atoms. The number of para-hydroxylation sites is 2.